The minimum Gasteiger partial charge on any atom is -0.469 e. The quantitative estimate of drug-likeness (QED) is 0.633. The minimum absolute atomic E-state index is 0.0480. The predicted molar refractivity (Wildman–Crippen MR) is 71.8 cm³/mol. The summed E-state index contributed by atoms with van der Waals surface area (Å²) in [4.78, 5) is 11.0. The Morgan fingerprint density at radius 2 is 2.21 bits per heavy atom. The largest absolute Gasteiger partial charge is 0.469 e. The molecule has 19 heavy (non-hydrogen) atoms. The maximum atomic E-state index is 12.1. The number of rotatable bonds is 6. The van der Waals surface area contributed by atoms with Crippen LogP contribution in [-0.2, 0) is 19.7 Å². The van der Waals surface area contributed by atoms with Crippen LogP contribution < -0.4 is 10.0 Å². The Kier molecular flexibility index (Phi) is 6.18. The Balaban J connectivity index is 2.51. The van der Waals surface area contributed by atoms with Crippen LogP contribution in [0.2, 0.25) is 0 Å². The normalized spacial score (nSPS) is 24.4. The van der Waals surface area contributed by atoms with Gasteiger partial charge in [0.25, 0.3) is 10.2 Å². The van der Waals surface area contributed by atoms with Crippen molar-refractivity contribution in [2.75, 3.05) is 33.8 Å². The van der Waals surface area contributed by atoms with Crippen molar-refractivity contribution in [3.05, 3.63) is 0 Å². The van der Waals surface area contributed by atoms with Crippen LogP contribution in [0.5, 0.6) is 0 Å². The van der Waals surface area contributed by atoms with E-state index in [0.29, 0.717) is 12.5 Å². The van der Waals surface area contributed by atoms with E-state index in [-0.39, 0.29) is 19.0 Å². The van der Waals surface area contributed by atoms with Crippen LogP contribution in [0.15, 0.2) is 0 Å². The van der Waals surface area contributed by atoms with Gasteiger partial charge < -0.3 is 10.1 Å². The second-order valence-corrected chi connectivity index (χ2v) is 6.66. The van der Waals surface area contributed by atoms with Gasteiger partial charge in [-0.3, -0.25) is 4.79 Å². The molecular weight excluding hydrogens is 270 g/mol. The Morgan fingerprint density at radius 1 is 1.53 bits per heavy atom. The molecule has 0 aliphatic carbocycles. The fraction of sp³-hybridized carbons (Fsp3) is 0.909. The van der Waals surface area contributed by atoms with Gasteiger partial charge in [-0.15, -0.1) is 0 Å². The highest BCUT2D eigenvalue weighted by molar-refractivity contribution is 7.87. The number of piperidine rings is 1. The lowest BCUT2D eigenvalue weighted by Gasteiger charge is -2.31. The molecule has 1 rings (SSSR count). The van der Waals surface area contributed by atoms with E-state index in [4.69, 9.17) is 0 Å². The smallest absolute Gasteiger partial charge is 0.306 e. The van der Waals surface area contributed by atoms with Crippen LogP contribution in [-0.4, -0.2) is 58.5 Å². The standard InChI is InChI=1S/C11H23N3O4S/c1-9-4-6-12-8-10(9)13-19(16,17)14(2)7-5-11(15)18-3/h9-10,12-13H,4-8H2,1-3H3. The number of esters is 1. The van der Waals surface area contributed by atoms with Crippen molar-refractivity contribution < 1.29 is 17.9 Å². The van der Waals surface area contributed by atoms with Gasteiger partial charge in [0.2, 0.25) is 0 Å². The minimum atomic E-state index is -3.56. The molecule has 0 aromatic carbocycles. The first-order chi connectivity index (χ1) is 8.86. The van der Waals surface area contributed by atoms with Gasteiger partial charge in [0.05, 0.1) is 13.5 Å². The summed E-state index contributed by atoms with van der Waals surface area (Å²) in [6.07, 6.45) is 0.992. The Morgan fingerprint density at radius 3 is 2.79 bits per heavy atom. The lowest BCUT2D eigenvalue weighted by molar-refractivity contribution is -0.140. The van der Waals surface area contributed by atoms with Gasteiger partial charge in [-0.1, -0.05) is 6.92 Å². The molecule has 0 aromatic rings. The maximum absolute atomic E-state index is 12.1. The van der Waals surface area contributed by atoms with Gasteiger partial charge >= 0.3 is 5.97 Å². The van der Waals surface area contributed by atoms with Gasteiger partial charge in [0.1, 0.15) is 0 Å². The van der Waals surface area contributed by atoms with Crippen molar-refractivity contribution in [1.29, 1.82) is 0 Å². The second kappa shape index (κ2) is 7.18. The first-order valence-electron chi connectivity index (χ1n) is 6.38. The van der Waals surface area contributed by atoms with Gasteiger partial charge in [0, 0.05) is 26.2 Å². The highest BCUT2D eigenvalue weighted by Gasteiger charge is 2.28. The zero-order valence-electron chi connectivity index (χ0n) is 11.7. The van der Waals surface area contributed by atoms with Crippen molar-refractivity contribution in [2.45, 2.75) is 25.8 Å². The SMILES string of the molecule is COC(=O)CCN(C)S(=O)(=O)NC1CNCCC1C. The van der Waals surface area contributed by atoms with Gasteiger partial charge in [-0.25, -0.2) is 0 Å². The highest BCUT2D eigenvalue weighted by Crippen LogP contribution is 2.13. The Bertz CT molecular complexity index is 399. The third-order valence-electron chi connectivity index (χ3n) is 3.40. The van der Waals surface area contributed by atoms with E-state index in [1.165, 1.54) is 14.2 Å². The molecule has 1 aliphatic heterocycles. The lowest BCUT2D eigenvalue weighted by Crippen LogP contribution is -2.53. The first kappa shape index (κ1) is 16.4. The molecule has 0 amide bonds. The molecule has 2 N–H and O–H groups in total. The monoisotopic (exact) mass is 293 g/mol. The number of ether oxygens (including phenoxy) is 1. The van der Waals surface area contributed by atoms with Crippen LogP contribution in [0.3, 0.4) is 0 Å². The van der Waals surface area contributed by atoms with Crippen molar-refractivity contribution in [1.82, 2.24) is 14.3 Å². The second-order valence-electron chi connectivity index (χ2n) is 4.85. The summed E-state index contributed by atoms with van der Waals surface area (Å²) in [5.74, 6) is -0.125. The zero-order chi connectivity index (χ0) is 14.5. The fourth-order valence-corrected chi connectivity index (χ4v) is 3.11. The van der Waals surface area contributed by atoms with Gasteiger partial charge in [-0.05, 0) is 18.9 Å². The van der Waals surface area contributed by atoms with Crippen LogP contribution in [0.4, 0.5) is 0 Å². The molecule has 1 heterocycles. The molecule has 1 fully saturated rings. The number of nitrogens with one attached hydrogen (secondary N) is 2. The molecule has 0 radical (unpaired) electrons. The fourth-order valence-electron chi connectivity index (χ4n) is 1.90. The summed E-state index contributed by atoms with van der Waals surface area (Å²) in [6, 6.07) is -0.112. The summed E-state index contributed by atoms with van der Waals surface area (Å²) in [5, 5.41) is 3.17. The number of carbonyl (C=O) groups excluding carboxylic acids is 1. The number of hydrogen-bond acceptors (Lipinski definition) is 5. The summed E-state index contributed by atoms with van der Waals surface area (Å²) < 4.78 is 32.5. The molecule has 0 bridgehead atoms. The van der Waals surface area contributed by atoms with E-state index >= 15 is 0 Å². The molecule has 7 nitrogen and oxygen atoms in total. The van der Waals surface area contributed by atoms with E-state index < -0.39 is 16.2 Å². The Hall–Kier alpha value is -0.700. The maximum Gasteiger partial charge on any atom is 0.306 e. The van der Waals surface area contributed by atoms with Crippen molar-refractivity contribution in [3.63, 3.8) is 0 Å². The average Bonchev–Trinajstić information content (AvgIpc) is 2.37. The van der Waals surface area contributed by atoms with E-state index in [9.17, 15) is 13.2 Å². The first-order valence-corrected chi connectivity index (χ1v) is 7.82. The molecule has 112 valence electrons. The topological polar surface area (TPSA) is 87.7 Å². The lowest BCUT2D eigenvalue weighted by atomic mass is 9.96. The summed E-state index contributed by atoms with van der Waals surface area (Å²) in [6.45, 7) is 3.68. The van der Waals surface area contributed by atoms with Crippen LogP contribution in [0, 0.1) is 5.92 Å². The molecule has 0 saturated carbocycles. The number of carbonyl (C=O) groups is 1. The molecule has 0 aromatic heterocycles. The van der Waals surface area contributed by atoms with Crippen molar-refractivity contribution >= 4 is 16.2 Å². The molecule has 2 unspecified atom stereocenters. The third-order valence-corrected chi connectivity index (χ3v) is 5.00. The molecule has 8 heteroatoms. The zero-order valence-corrected chi connectivity index (χ0v) is 12.5. The molecule has 1 aliphatic rings. The number of methoxy groups -OCH3 is 1. The van der Waals surface area contributed by atoms with Gasteiger partial charge in [0.15, 0.2) is 0 Å². The van der Waals surface area contributed by atoms with Crippen LogP contribution in [0.1, 0.15) is 19.8 Å². The van der Waals surface area contributed by atoms with Gasteiger partial charge in [-0.2, -0.15) is 17.4 Å². The average molecular weight is 293 g/mol. The molecule has 1 saturated heterocycles. The van der Waals surface area contributed by atoms with E-state index in [1.807, 2.05) is 6.92 Å². The van der Waals surface area contributed by atoms with Crippen LogP contribution in [0.25, 0.3) is 0 Å². The third kappa shape index (κ3) is 5.06. The van der Waals surface area contributed by atoms with E-state index in [2.05, 4.69) is 14.8 Å². The van der Waals surface area contributed by atoms with Crippen molar-refractivity contribution in [3.8, 4) is 0 Å². The summed E-state index contributed by atoms with van der Waals surface area (Å²) in [7, 11) is -0.828. The molecule has 0 spiro atoms. The molecular formula is C11H23N3O4S. The number of hydrogen-bond donors (Lipinski definition) is 2. The summed E-state index contributed by atoms with van der Waals surface area (Å²) in [5.41, 5.74) is 0. The highest BCUT2D eigenvalue weighted by atomic mass is 32.2. The Labute approximate surface area is 114 Å². The van der Waals surface area contributed by atoms with Crippen molar-refractivity contribution in [2.24, 2.45) is 5.92 Å². The predicted octanol–water partition coefficient (Wildman–Crippen LogP) is -0.686. The number of nitrogens with zero attached hydrogens (tertiary/aromatic N) is 1. The van der Waals surface area contributed by atoms with E-state index in [0.717, 1.165) is 17.3 Å². The van der Waals surface area contributed by atoms with E-state index in [1.54, 1.807) is 0 Å². The molecule has 2 atom stereocenters. The summed E-state index contributed by atoms with van der Waals surface area (Å²) >= 11 is 0. The van der Waals surface area contributed by atoms with Crippen LogP contribution >= 0.6 is 0 Å².